The minimum Gasteiger partial charge on any atom is -0.406 e. The number of aryl methyl sites for hydroxylation is 5. The zero-order valence-electron chi connectivity index (χ0n) is 63.0. The number of hydrazone groups is 1. The summed E-state index contributed by atoms with van der Waals surface area (Å²) in [6.45, 7) is 20.7. The van der Waals surface area contributed by atoms with Crippen molar-refractivity contribution in [3.05, 3.63) is 259 Å². The van der Waals surface area contributed by atoms with E-state index in [1.807, 2.05) is 25.2 Å². The van der Waals surface area contributed by atoms with Crippen LogP contribution in [0.1, 0.15) is 97.2 Å². The van der Waals surface area contributed by atoms with Crippen molar-refractivity contribution in [2.24, 2.45) is 10.9 Å². The van der Waals surface area contributed by atoms with Gasteiger partial charge in [-0.25, -0.2) is 63.1 Å². The Balaban J connectivity index is -0.000000666. The molecule has 0 fully saturated rings. The van der Waals surface area contributed by atoms with E-state index in [9.17, 15) is 35.1 Å². The number of benzene rings is 6. The topological polar surface area (TPSA) is 275 Å². The summed E-state index contributed by atoms with van der Waals surface area (Å²) in [6.07, 6.45) is -3.39. The van der Waals surface area contributed by atoms with E-state index in [1.54, 1.807) is 101 Å². The Morgan fingerprint density at radius 3 is 1.03 bits per heavy atom. The van der Waals surface area contributed by atoms with E-state index in [2.05, 4.69) is 248 Å². The van der Waals surface area contributed by atoms with Gasteiger partial charge < -0.3 is 54.3 Å². The molecular formula is C76H85Cl9F8I6N19OV-. The van der Waals surface area contributed by atoms with Gasteiger partial charge in [0.05, 0.1) is 10.1 Å². The molecular weight excluding hydrogens is 2480 g/mol. The fourth-order valence-corrected chi connectivity index (χ4v) is 9.28. The predicted molar refractivity (Wildman–Crippen MR) is 536 cm³/mol. The SMILES string of the molecule is C.C.C.CC.CC(I)I.CC(I)I.CCI.C[CH-]I.Cc1cc(N)ccc1F.Cc1cc(Nc2cc(Cl)nc(Cl)n2)ccc1F.Cc1cc(Nc2cc(Cl)nc(N/N=C/c3ccc(OC(F)(F)F)cc3)n2)ccc1F.Cc1cc(Nc2cc(Cl)nc(NN)n2)ccc1F.Cc1cc(Nc2nc(Cl)cc(Cl)n2)ccc1F.Clc1cc(Cl)nc(Cl)n1.[V]. The van der Waals surface area contributed by atoms with E-state index in [-0.39, 0.29) is 140 Å². The van der Waals surface area contributed by atoms with Crippen molar-refractivity contribution >= 4 is 310 Å². The molecule has 0 spiro atoms. The second kappa shape index (κ2) is 67.1. The van der Waals surface area contributed by atoms with Gasteiger partial charge in [-0.05, 0) is 225 Å². The van der Waals surface area contributed by atoms with E-state index in [0.717, 1.165) is 16.0 Å². The Labute approximate surface area is 834 Å². The van der Waals surface area contributed by atoms with Gasteiger partial charge in [0.2, 0.25) is 28.4 Å². The van der Waals surface area contributed by atoms with Crippen LogP contribution in [0.25, 0.3) is 0 Å². The van der Waals surface area contributed by atoms with Crippen molar-refractivity contribution in [3.63, 3.8) is 0 Å². The molecule has 0 bridgehead atoms. The average Bonchev–Trinajstić information content (AvgIpc) is 0.853. The third kappa shape index (κ3) is 56.7. The first-order valence-corrected chi connectivity index (χ1v) is 43.8. The van der Waals surface area contributed by atoms with E-state index in [0.29, 0.717) is 79.3 Å². The Bertz CT molecular complexity index is 4620. The molecule has 20 nitrogen and oxygen atoms in total. The van der Waals surface area contributed by atoms with Gasteiger partial charge in [0.15, 0.2) is 0 Å². The largest absolute Gasteiger partial charge is 0.573 e. The molecule has 11 aromatic rings. The van der Waals surface area contributed by atoms with E-state index in [1.165, 1.54) is 77.4 Å². The zero-order valence-corrected chi connectivity index (χ0v) is 84.1. The van der Waals surface area contributed by atoms with Crippen LogP contribution in [-0.2, 0) is 18.6 Å². The normalized spacial score (nSPS) is 9.74. The zero-order chi connectivity index (χ0) is 87.9. The van der Waals surface area contributed by atoms with Crippen LogP contribution in [-0.4, -0.2) is 70.7 Å². The van der Waals surface area contributed by atoms with Gasteiger partial charge in [-0.1, -0.05) is 237 Å². The molecule has 44 heteroatoms. The number of ether oxygens (including phenoxy) is 1. The Hall–Kier alpha value is -4.24. The van der Waals surface area contributed by atoms with Crippen molar-refractivity contribution in [3.8, 4) is 5.75 Å². The monoisotopic (exact) mass is 2560 g/mol. The third-order valence-electron chi connectivity index (χ3n) is 11.9. The number of nitrogen functional groups attached to an aromatic ring is 2. The first-order valence-electron chi connectivity index (χ1n) is 32.6. The molecule has 5 heterocycles. The molecule has 0 saturated carbocycles. The Morgan fingerprint density at radius 1 is 0.450 bits per heavy atom. The fraction of sp³-hybridized carbons (Fsp3) is 0.237. The van der Waals surface area contributed by atoms with Crippen LogP contribution in [0, 0.1) is 68.1 Å². The van der Waals surface area contributed by atoms with Crippen LogP contribution < -0.4 is 48.4 Å². The molecule has 10 N–H and O–H groups in total. The Kier molecular flexibility index (Phi) is 68.3. The summed E-state index contributed by atoms with van der Waals surface area (Å²) in [4.78, 5) is 38.8. The molecule has 0 atom stereocenters. The van der Waals surface area contributed by atoms with Crippen molar-refractivity contribution in [1.82, 2.24) is 49.8 Å². The first kappa shape index (κ1) is 122. The van der Waals surface area contributed by atoms with Crippen LogP contribution in [0.2, 0.25) is 46.6 Å². The second-order valence-electron chi connectivity index (χ2n) is 21.3. The number of anilines is 11. The molecule has 0 saturated heterocycles. The van der Waals surface area contributed by atoms with Gasteiger partial charge in [-0.3, -0.25) is 9.85 Å². The number of nitrogens with zero attached hydrogens (tertiary/aromatic N) is 11. The molecule has 0 aliphatic rings. The number of nitrogens with one attached hydrogen (secondary N) is 6. The molecule has 657 valence electrons. The average molecular weight is 2560 g/mol. The maximum atomic E-state index is 13.4. The standard InChI is InChI=1S/C19H14ClF4N5O.2C11H8Cl2FN3.C11H11ClFN5.C7H8FN.C4HCl3N2.2C2H4I2.C2H5I.C2H4I.C2H6.3CH4.V/c1-11-8-13(4-7-15(11)21)26-17-9-16(20)27-18(28-17)29-25-10-12-2-5-14(6-3-12)30-19(22,23)24;1-6-4-7(2-3-8(6)14)15-10-5-9(12)16-11(13)17-10;1-6-4-7(2-3-8(6)14)15-11-16-9(12)5-10(13)17-11;1-6-4-7(2-3-8(6)13)15-10-5-9(12)16-11(17-10)18-14;1-5-4-6(9)2-3-7(5)8;5-2-1-3(6)9-4(7)8-2;2*1-2(3)4;2*1-2-3;1-2;;;;/h2-10H,1H3,(H2,26,27,28,29);2*2-5H,1H3,(H,15,16,17);2-5H,14H2,1H3,(H2,15,16,17,18);2-4H,9H2,1H3;1H;2*2H,1H3;2H2,1H3;2H,1H3;1-2H3;3*1H4;/q;;;;;;;;;-1;;;;;/b25-10+;;;;;;;;;;;;;;. The van der Waals surface area contributed by atoms with E-state index >= 15 is 0 Å². The van der Waals surface area contributed by atoms with Crippen molar-refractivity contribution in [1.29, 1.82) is 0 Å². The van der Waals surface area contributed by atoms with Gasteiger partial charge in [0, 0.05) is 77.3 Å². The van der Waals surface area contributed by atoms with Crippen molar-refractivity contribution < 1.29 is 58.4 Å². The predicted octanol–water partition coefficient (Wildman–Crippen LogP) is 30.8. The van der Waals surface area contributed by atoms with Gasteiger partial charge >= 0.3 is 6.36 Å². The Morgan fingerprint density at radius 2 is 0.725 bits per heavy atom. The fourth-order valence-electron chi connectivity index (χ4n) is 7.39. The number of hydrazine groups is 1. The number of aromatic nitrogens is 10. The van der Waals surface area contributed by atoms with Crippen molar-refractivity contribution in [2.45, 2.75) is 109 Å². The summed E-state index contributed by atoms with van der Waals surface area (Å²) in [5, 5.41) is 17.5. The van der Waals surface area contributed by atoms with Gasteiger partial charge in [-0.2, -0.15) is 32.0 Å². The molecule has 0 aliphatic heterocycles. The summed E-state index contributed by atoms with van der Waals surface area (Å²) < 4.78 is 110. The third-order valence-corrected chi connectivity index (χ3v) is 13.6. The smallest absolute Gasteiger partial charge is 0.406 e. The number of hydrogen-bond donors (Lipinski definition) is 8. The summed E-state index contributed by atoms with van der Waals surface area (Å²) >= 11 is 64.7. The molecule has 0 unspecified atom stereocenters. The van der Waals surface area contributed by atoms with Crippen molar-refractivity contribution in [2.75, 3.05) is 42.3 Å². The number of rotatable bonds is 13. The number of halogens is 23. The van der Waals surface area contributed by atoms with Crippen LogP contribution in [0.5, 0.6) is 5.75 Å². The van der Waals surface area contributed by atoms with E-state index < -0.39 is 6.36 Å². The minimum atomic E-state index is -4.75. The molecule has 0 amide bonds. The molecule has 11 rings (SSSR count). The maximum absolute atomic E-state index is 13.4. The molecule has 0 aliphatic carbocycles. The van der Waals surface area contributed by atoms with Gasteiger partial charge in [-0.15, -0.1) is 13.2 Å². The summed E-state index contributed by atoms with van der Waals surface area (Å²) in [7, 11) is 0. The summed E-state index contributed by atoms with van der Waals surface area (Å²) in [6, 6.07) is 35.4. The summed E-state index contributed by atoms with van der Waals surface area (Å²) in [5.74, 6) is 5.40. The van der Waals surface area contributed by atoms with Crippen LogP contribution >= 0.6 is 240 Å². The van der Waals surface area contributed by atoms with E-state index in [4.69, 9.17) is 116 Å². The summed E-state index contributed by atoms with van der Waals surface area (Å²) in [5.41, 5.74) is 16.7. The molecule has 6 aromatic carbocycles. The molecule has 5 aromatic heterocycles. The number of hydrogen-bond acceptors (Lipinski definition) is 20. The maximum Gasteiger partial charge on any atom is 0.573 e. The second-order valence-corrected chi connectivity index (χ2v) is 39.7. The number of alkyl halides is 8. The quantitative estimate of drug-likeness (QED) is 0.00509. The van der Waals surface area contributed by atoms with Crippen LogP contribution in [0.15, 0.2) is 151 Å². The van der Waals surface area contributed by atoms with Crippen LogP contribution in [0.4, 0.5) is 98.9 Å². The van der Waals surface area contributed by atoms with Crippen LogP contribution in [0.3, 0.4) is 0 Å². The minimum absolute atomic E-state index is 0. The first-order chi connectivity index (χ1) is 54.5. The van der Waals surface area contributed by atoms with Gasteiger partial charge in [0.1, 0.15) is 88.4 Å². The molecule has 120 heavy (non-hydrogen) atoms. The number of nitrogens with two attached hydrogens (primary N) is 2. The van der Waals surface area contributed by atoms with Gasteiger partial charge in [0.25, 0.3) is 0 Å². The molecule has 1 radical (unpaired) electrons.